The third-order valence-electron chi connectivity index (χ3n) is 8.42. The first kappa shape index (κ1) is 20.2. The molecule has 5 aliphatic rings. The first-order chi connectivity index (χ1) is 13.9. The van der Waals surface area contributed by atoms with E-state index in [9.17, 15) is 19.8 Å². The van der Waals surface area contributed by atoms with Gasteiger partial charge in [-0.3, -0.25) is 4.79 Å². The monoisotopic (exact) mass is 424 g/mol. The molecule has 3 heterocycles. The fourth-order valence-electron chi connectivity index (χ4n) is 6.97. The summed E-state index contributed by atoms with van der Waals surface area (Å²) in [6, 6.07) is 0. The average Bonchev–Trinajstić information content (AvgIpc) is 3.26. The molecule has 166 valence electrons. The summed E-state index contributed by atoms with van der Waals surface area (Å²) >= 11 is 0. The molecule has 9 heteroatoms. The summed E-state index contributed by atoms with van der Waals surface area (Å²) < 4.78 is 28.6. The van der Waals surface area contributed by atoms with Gasteiger partial charge in [0.05, 0.1) is 29.6 Å². The summed E-state index contributed by atoms with van der Waals surface area (Å²) in [5.41, 5.74) is -5.15. The number of esters is 2. The van der Waals surface area contributed by atoms with Gasteiger partial charge < -0.3 is 33.9 Å². The Morgan fingerprint density at radius 2 is 1.90 bits per heavy atom. The second-order valence-corrected chi connectivity index (χ2v) is 9.91. The van der Waals surface area contributed by atoms with E-state index in [1.54, 1.807) is 27.7 Å². The molecule has 0 amide bonds. The molecule has 9 nitrogen and oxygen atoms in total. The van der Waals surface area contributed by atoms with E-state index in [1.807, 2.05) is 0 Å². The van der Waals surface area contributed by atoms with E-state index in [-0.39, 0.29) is 6.42 Å². The Balaban J connectivity index is 1.72. The minimum Gasteiger partial charge on any atom is -0.501 e. The Hall–Kier alpha value is -1.68. The SMILES string of the molecule is CO/C(C)=C1\C[C@@]2(OC1=O)[C@@H]1O[C@@H]1[C@@]1(O)[C@@H]3C(=O)O[C@@H]([C@H]3C(C)(C)O)[C@@H](OC)[C@]12C. The van der Waals surface area contributed by atoms with Gasteiger partial charge in [0.1, 0.15) is 35.8 Å². The van der Waals surface area contributed by atoms with Gasteiger partial charge in [-0.1, -0.05) is 6.92 Å². The van der Waals surface area contributed by atoms with Crippen molar-refractivity contribution in [3.05, 3.63) is 11.3 Å². The van der Waals surface area contributed by atoms with Crippen molar-refractivity contribution in [3.8, 4) is 0 Å². The highest BCUT2D eigenvalue weighted by Crippen LogP contribution is 2.75. The number of aliphatic hydroxyl groups is 2. The number of fused-ring (bicyclic) bond motifs is 8. The standard InChI is InChI=1S/C21H28O9/c1-8(26-5)9-7-20(30-16(9)22)14-15(29-14)21(25)11-10(18(2,3)24)12(28-17(11)23)13(27-6)19(20,21)4/h10-15,24-25H,7H2,1-6H3/b9-8+/t10-,11-,12-,13+,14+,15-,19-,20+,21-/m0/s1. The highest BCUT2D eigenvalue weighted by atomic mass is 16.7. The molecule has 30 heavy (non-hydrogen) atoms. The normalized spacial score (nSPS) is 52.7. The van der Waals surface area contributed by atoms with Gasteiger partial charge in [-0.25, -0.2) is 4.79 Å². The molecule has 0 unspecified atom stereocenters. The molecule has 3 saturated heterocycles. The van der Waals surface area contributed by atoms with E-state index in [4.69, 9.17) is 23.7 Å². The molecule has 9 atom stereocenters. The molecule has 1 spiro atoms. The number of epoxide rings is 1. The molecule has 3 aliphatic heterocycles. The predicted octanol–water partition coefficient (Wildman–Crippen LogP) is 0.0682. The Bertz CT molecular complexity index is 874. The largest absolute Gasteiger partial charge is 0.501 e. The first-order valence-electron chi connectivity index (χ1n) is 10.2. The number of rotatable bonds is 3. The van der Waals surface area contributed by atoms with Crippen molar-refractivity contribution in [3.63, 3.8) is 0 Å². The first-order valence-corrected chi connectivity index (χ1v) is 10.2. The van der Waals surface area contributed by atoms with Gasteiger partial charge in [0.2, 0.25) is 0 Å². The number of allylic oxidation sites excluding steroid dienone is 1. The molecule has 2 saturated carbocycles. The van der Waals surface area contributed by atoms with E-state index >= 15 is 0 Å². The Labute approximate surface area is 174 Å². The number of ether oxygens (including phenoxy) is 5. The summed E-state index contributed by atoms with van der Waals surface area (Å²) in [5.74, 6) is -2.44. The summed E-state index contributed by atoms with van der Waals surface area (Å²) in [7, 11) is 2.94. The summed E-state index contributed by atoms with van der Waals surface area (Å²) in [4.78, 5) is 25.8. The number of carbonyl (C=O) groups is 2. The van der Waals surface area contributed by atoms with Crippen molar-refractivity contribution < 1.29 is 43.5 Å². The van der Waals surface area contributed by atoms with Gasteiger partial charge in [0.15, 0.2) is 5.60 Å². The van der Waals surface area contributed by atoms with E-state index in [2.05, 4.69) is 0 Å². The minimum atomic E-state index is -1.75. The second-order valence-electron chi connectivity index (χ2n) is 9.91. The number of methoxy groups -OCH3 is 2. The maximum atomic E-state index is 13.0. The molecule has 2 N–H and O–H groups in total. The van der Waals surface area contributed by atoms with Gasteiger partial charge in [-0.15, -0.1) is 0 Å². The summed E-state index contributed by atoms with van der Waals surface area (Å²) in [6.07, 6.45) is -2.80. The number of hydrogen-bond acceptors (Lipinski definition) is 9. The van der Waals surface area contributed by atoms with Gasteiger partial charge in [-0.2, -0.15) is 0 Å². The van der Waals surface area contributed by atoms with E-state index in [0.29, 0.717) is 11.3 Å². The fraction of sp³-hybridized carbons (Fsp3) is 0.810. The lowest BCUT2D eigenvalue weighted by Gasteiger charge is -2.59. The Kier molecular flexibility index (Phi) is 3.75. The van der Waals surface area contributed by atoms with Crippen LogP contribution in [-0.2, 0) is 33.3 Å². The van der Waals surface area contributed by atoms with Gasteiger partial charge in [-0.05, 0) is 20.8 Å². The lowest BCUT2D eigenvalue weighted by atomic mass is 9.49. The van der Waals surface area contributed by atoms with E-state index in [1.165, 1.54) is 14.2 Å². The van der Waals surface area contributed by atoms with Gasteiger partial charge >= 0.3 is 11.9 Å². The molecule has 0 aromatic rings. The zero-order valence-electron chi connectivity index (χ0n) is 17.9. The topological polar surface area (TPSA) is 124 Å². The molecule has 2 bridgehead atoms. The van der Waals surface area contributed by atoms with Crippen LogP contribution in [0.5, 0.6) is 0 Å². The van der Waals surface area contributed by atoms with Crippen molar-refractivity contribution in [2.45, 2.75) is 75.3 Å². The summed E-state index contributed by atoms with van der Waals surface area (Å²) in [6.45, 7) is 6.64. The van der Waals surface area contributed by atoms with Gasteiger partial charge in [0, 0.05) is 19.4 Å². The van der Waals surface area contributed by atoms with Crippen molar-refractivity contribution in [1.82, 2.24) is 0 Å². The lowest BCUT2D eigenvalue weighted by Crippen LogP contribution is -2.74. The summed E-state index contributed by atoms with van der Waals surface area (Å²) in [5, 5.41) is 23.1. The van der Waals surface area contributed by atoms with Crippen LogP contribution in [0, 0.1) is 17.3 Å². The Morgan fingerprint density at radius 1 is 1.23 bits per heavy atom. The lowest BCUT2D eigenvalue weighted by molar-refractivity contribution is -0.291. The zero-order chi connectivity index (χ0) is 22.0. The van der Waals surface area contributed by atoms with Crippen molar-refractivity contribution in [1.29, 1.82) is 0 Å². The van der Waals surface area contributed by atoms with Crippen LogP contribution in [0.1, 0.15) is 34.1 Å². The smallest absolute Gasteiger partial charge is 0.338 e. The molecule has 0 aromatic heterocycles. The van der Waals surface area contributed by atoms with Crippen molar-refractivity contribution >= 4 is 11.9 Å². The molecule has 5 fully saturated rings. The number of carbonyl (C=O) groups excluding carboxylic acids is 2. The number of hydrogen-bond donors (Lipinski definition) is 2. The van der Waals surface area contributed by atoms with Crippen LogP contribution >= 0.6 is 0 Å². The third kappa shape index (κ3) is 1.90. The van der Waals surface area contributed by atoms with Crippen LogP contribution in [0.15, 0.2) is 11.3 Å². The molecule has 0 aromatic carbocycles. The minimum absolute atomic E-state index is 0.159. The van der Waals surface area contributed by atoms with Crippen LogP contribution < -0.4 is 0 Å². The molecular weight excluding hydrogens is 396 g/mol. The quantitative estimate of drug-likeness (QED) is 0.280. The van der Waals surface area contributed by atoms with Crippen LogP contribution in [0.4, 0.5) is 0 Å². The second kappa shape index (κ2) is 5.56. The molecule has 0 radical (unpaired) electrons. The highest BCUT2D eigenvalue weighted by Gasteiger charge is 2.93. The van der Waals surface area contributed by atoms with Gasteiger partial charge in [0.25, 0.3) is 0 Å². The van der Waals surface area contributed by atoms with Crippen LogP contribution in [-0.4, -0.2) is 77.6 Å². The predicted molar refractivity (Wildman–Crippen MR) is 98.8 cm³/mol. The maximum absolute atomic E-state index is 13.0. The van der Waals surface area contributed by atoms with Crippen LogP contribution in [0.3, 0.4) is 0 Å². The highest BCUT2D eigenvalue weighted by molar-refractivity contribution is 5.92. The van der Waals surface area contributed by atoms with E-state index in [0.717, 1.165) is 0 Å². The fourth-order valence-corrected chi connectivity index (χ4v) is 6.97. The zero-order valence-corrected chi connectivity index (χ0v) is 17.9. The average molecular weight is 424 g/mol. The van der Waals surface area contributed by atoms with Crippen molar-refractivity contribution in [2.75, 3.05) is 14.2 Å². The van der Waals surface area contributed by atoms with Crippen LogP contribution in [0.25, 0.3) is 0 Å². The van der Waals surface area contributed by atoms with E-state index < -0.39 is 70.4 Å². The Morgan fingerprint density at radius 3 is 2.47 bits per heavy atom. The maximum Gasteiger partial charge on any atom is 0.338 e. The molecular formula is C21H28O9. The molecule has 2 aliphatic carbocycles. The molecule has 5 rings (SSSR count). The van der Waals surface area contributed by atoms with Crippen molar-refractivity contribution in [2.24, 2.45) is 17.3 Å². The third-order valence-corrected chi connectivity index (χ3v) is 8.42. The van der Waals surface area contributed by atoms with Crippen LogP contribution in [0.2, 0.25) is 0 Å².